The number of nitrogens with zero attached hydrogens (tertiary/aromatic N) is 5. The highest BCUT2D eigenvalue weighted by molar-refractivity contribution is 7.23. The van der Waals surface area contributed by atoms with Gasteiger partial charge in [0.2, 0.25) is 11.8 Å². The van der Waals surface area contributed by atoms with Crippen molar-refractivity contribution in [1.82, 2.24) is 25.1 Å². The van der Waals surface area contributed by atoms with Gasteiger partial charge in [-0.05, 0) is 66.6 Å². The van der Waals surface area contributed by atoms with Gasteiger partial charge in [-0.15, -0.1) is 21.5 Å². The number of pyridine rings is 2. The van der Waals surface area contributed by atoms with Crippen molar-refractivity contribution in [2.45, 2.75) is 57.9 Å². The lowest BCUT2D eigenvalue weighted by molar-refractivity contribution is 0.0127. The highest BCUT2D eigenvalue weighted by atomic mass is 35.5. The molecule has 0 saturated carbocycles. The maximum Gasteiger partial charge on any atom is 0.257 e. The van der Waals surface area contributed by atoms with Gasteiger partial charge in [0, 0.05) is 67.0 Å². The number of benzene rings is 2. The van der Waals surface area contributed by atoms with Crippen LogP contribution in [-0.4, -0.2) is 64.2 Å². The van der Waals surface area contributed by atoms with Crippen molar-refractivity contribution in [3.05, 3.63) is 99.3 Å². The first-order valence-corrected chi connectivity index (χ1v) is 18.9. The van der Waals surface area contributed by atoms with Crippen molar-refractivity contribution in [3.63, 3.8) is 0 Å². The predicted molar refractivity (Wildman–Crippen MR) is 204 cm³/mol. The Bertz CT molecular complexity index is 2420. The number of ether oxygens (including phenoxy) is 2. The number of hydrogen-bond acceptors (Lipinski definition) is 10. The van der Waals surface area contributed by atoms with Gasteiger partial charge in [-0.1, -0.05) is 29.8 Å². The van der Waals surface area contributed by atoms with E-state index in [1.165, 1.54) is 12.7 Å². The normalized spacial score (nSPS) is 17.1. The number of nitrogens with one attached hydrogen (secondary N) is 1. The van der Waals surface area contributed by atoms with Crippen LogP contribution in [-0.2, 0) is 19.3 Å². The summed E-state index contributed by atoms with van der Waals surface area (Å²) in [5.74, 6) is 0.675. The molecule has 6 aromatic rings. The third-order valence-corrected chi connectivity index (χ3v) is 11.5. The third-order valence-electron chi connectivity index (χ3n) is 10.1. The number of thiophene rings is 1. The van der Waals surface area contributed by atoms with Crippen molar-refractivity contribution >= 4 is 44.7 Å². The third kappa shape index (κ3) is 6.53. The van der Waals surface area contributed by atoms with Crippen LogP contribution in [0.3, 0.4) is 0 Å². The summed E-state index contributed by atoms with van der Waals surface area (Å²) in [4.78, 5) is 25.8. The molecule has 14 heteroatoms. The molecule has 4 aliphatic rings. The zero-order chi connectivity index (χ0) is 37.7. The van der Waals surface area contributed by atoms with E-state index in [1.807, 2.05) is 43.1 Å². The lowest BCUT2D eigenvalue weighted by Gasteiger charge is -2.14. The van der Waals surface area contributed by atoms with Crippen molar-refractivity contribution in [1.29, 1.82) is 0 Å². The fraction of sp³-hybridized carbons (Fsp3) is 0.325. The number of anilines is 1. The standard InChI is InChI=1S/C22H20N6O2S.C10H10F2O.C8H7ClO/c1-10-15(21-27-26-11(2)30-21)16(14-9-12-6-7-24-20(23-3)19(12)31-14)17-18(25-10)13-5-4-8-28(13)22(17)29;1-13-9-4-2-3-7-5-10(11,12)6-8(7)9;9-7-2-1-6-3-4-10-8(6)5-7/h6-7,9,13H,4-5,8H2,1-3H3,(H,23,24);2-4H,5-6H2,1H3;1-2,5H,3-4H2. The first kappa shape index (κ1) is 35.9. The molecule has 2 aromatic carbocycles. The van der Waals surface area contributed by atoms with Gasteiger partial charge < -0.3 is 24.1 Å². The quantitative estimate of drug-likeness (QED) is 0.188. The fourth-order valence-electron chi connectivity index (χ4n) is 7.70. The van der Waals surface area contributed by atoms with E-state index in [1.54, 1.807) is 42.7 Å². The molecule has 7 heterocycles. The number of methoxy groups -OCH3 is 1. The number of rotatable bonds is 4. The molecular formula is C40H37ClF2N6O4S. The Morgan fingerprint density at radius 3 is 2.69 bits per heavy atom. The number of aryl methyl sites for hydroxylation is 2. The van der Waals surface area contributed by atoms with E-state index in [0.717, 1.165) is 86.5 Å². The number of alkyl halides is 2. The highest BCUT2D eigenvalue weighted by Crippen LogP contribution is 2.50. The lowest BCUT2D eigenvalue weighted by Crippen LogP contribution is -2.22. The molecule has 1 unspecified atom stereocenters. The zero-order valence-corrected chi connectivity index (χ0v) is 31.7. The molecule has 1 fully saturated rings. The van der Waals surface area contributed by atoms with Crippen LogP contribution >= 0.6 is 22.9 Å². The SMILES string of the molecule is CNc1nccc2cc(-c3c4c(nc(C)c3-c3nnc(C)o3)C3CCCN3C4=O)sc12.COc1cccc2c1CC(F)(F)C2.Clc1ccc2c(c1)OCC2. The molecule has 0 radical (unpaired) electrons. The second kappa shape index (κ2) is 14.3. The van der Waals surface area contributed by atoms with E-state index in [-0.39, 0.29) is 24.8 Å². The Morgan fingerprint density at radius 1 is 1.06 bits per heavy atom. The van der Waals surface area contributed by atoms with Crippen LogP contribution in [0, 0.1) is 13.8 Å². The maximum absolute atomic E-state index is 13.5. The van der Waals surface area contributed by atoms with Crippen molar-refractivity contribution in [3.8, 4) is 33.4 Å². The van der Waals surface area contributed by atoms with Gasteiger partial charge in [0.1, 0.15) is 17.3 Å². The first-order valence-electron chi connectivity index (χ1n) is 17.7. The molecule has 1 amide bonds. The number of fused-ring (bicyclic) bond motifs is 6. The largest absolute Gasteiger partial charge is 0.496 e. The van der Waals surface area contributed by atoms with Crippen LogP contribution in [0.5, 0.6) is 11.5 Å². The Kier molecular flexibility index (Phi) is 9.47. The summed E-state index contributed by atoms with van der Waals surface area (Å²) >= 11 is 7.35. The van der Waals surface area contributed by atoms with E-state index in [2.05, 4.69) is 26.6 Å². The molecule has 278 valence electrons. The minimum Gasteiger partial charge on any atom is -0.496 e. The topological polar surface area (TPSA) is 116 Å². The molecule has 4 aromatic heterocycles. The van der Waals surface area contributed by atoms with Crippen LogP contribution in [0.25, 0.3) is 32.0 Å². The lowest BCUT2D eigenvalue weighted by atomic mass is 9.95. The molecule has 0 spiro atoms. The summed E-state index contributed by atoms with van der Waals surface area (Å²) in [5, 5.41) is 13.3. The Morgan fingerprint density at radius 2 is 1.91 bits per heavy atom. The van der Waals surface area contributed by atoms with E-state index >= 15 is 0 Å². The van der Waals surface area contributed by atoms with Crippen LogP contribution in [0.1, 0.15) is 63.2 Å². The summed E-state index contributed by atoms with van der Waals surface area (Å²) in [6.45, 7) is 5.29. The van der Waals surface area contributed by atoms with Gasteiger partial charge in [-0.3, -0.25) is 9.78 Å². The smallest absolute Gasteiger partial charge is 0.257 e. The number of hydrogen-bond donors (Lipinski definition) is 1. The van der Waals surface area contributed by atoms with Gasteiger partial charge in [-0.25, -0.2) is 13.8 Å². The van der Waals surface area contributed by atoms with Crippen molar-refractivity contribution in [2.24, 2.45) is 0 Å². The summed E-state index contributed by atoms with van der Waals surface area (Å²) in [5.41, 5.74) is 6.56. The average molecular weight is 771 g/mol. The van der Waals surface area contributed by atoms with E-state index in [0.29, 0.717) is 34.2 Å². The Hall–Kier alpha value is -5.14. The van der Waals surface area contributed by atoms with Crippen LogP contribution < -0.4 is 14.8 Å². The molecule has 10 rings (SSSR count). The number of halogens is 3. The second-order valence-electron chi connectivity index (χ2n) is 13.6. The Balaban J connectivity index is 0.000000146. The molecule has 54 heavy (non-hydrogen) atoms. The zero-order valence-electron chi connectivity index (χ0n) is 30.1. The molecule has 3 aliphatic heterocycles. The van der Waals surface area contributed by atoms with Crippen molar-refractivity contribution < 1.29 is 27.5 Å². The first-order chi connectivity index (χ1) is 26.0. The highest BCUT2D eigenvalue weighted by Gasteiger charge is 2.44. The molecular weight excluding hydrogens is 734 g/mol. The number of carbonyl (C=O) groups is 1. The minimum absolute atomic E-state index is 0.0434. The number of amides is 1. The molecule has 1 atom stereocenters. The van der Waals surface area contributed by atoms with Crippen molar-refractivity contribution in [2.75, 3.05) is 32.6 Å². The summed E-state index contributed by atoms with van der Waals surface area (Å²) < 4.78 is 43.2. The minimum atomic E-state index is -2.59. The number of carbonyl (C=O) groups excluding carboxylic acids is 1. The van der Waals surface area contributed by atoms with Gasteiger partial charge in [0.25, 0.3) is 11.8 Å². The van der Waals surface area contributed by atoms with E-state index in [4.69, 9.17) is 30.5 Å². The summed E-state index contributed by atoms with van der Waals surface area (Å²) in [6, 6.07) is 15.1. The molecule has 0 bridgehead atoms. The van der Waals surface area contributed by atoms with Gasteiger partial charge in [-0.2, -0.15) is 0 Å². The van der Waals surface area contributed by atoms with Crippen LogP contribution in [0.2, 0.25) is 5.02 Å². The fourth-order valence-corrected chi connectivity index (χ4v) is 9.07. The van der Waals surface area contributed by atoms with Gasteiger partial charge in [0.05, 0.1) is 47.0 Å². The van der Waals surface area contributed by atoms with Crippen LogP contribution in [0.4, 0.5) is 14.6 Å². The van der Waals surface area contributed by atoms with Gasteiger partial charge >= 0.3 is 0 Å². The second-order valence-corrected chi connectivity index (χ2v) is 15.1. The monoisotopic (exact) mass is 770 g/mol. The van der Waals surface area contributed by atoms with E-state index < -0.39 is 5.92 Å². The maximum atomic E-state index is 13.5. The average Bonchev–Trinajstić information content (AvgIpc) is 4.01. The van der Waals surface area contributed by atoms with Gasteiger partial charge in [0.15, 0.2) is 0 Å². The summed E-state index contributed by atoms with van der Waals surface area (Å²) in [6.07, 6.45) is 4.43. The van der Waals surface area contributed by atoms with E-state index in [9.17, 15) is 13.6 Å². The number of aromatic nitrogens is 4. The molecule has 1 N–H and O–H groups in total. The predicted octanol–water partition coefficient (Wildman–Crippen LogP) is 9.06. The molecule has 1 saturated heterocycles. The summed E-state index contributed by atoms with van der Waals surface area (Å²) in [7, 11) is 3.37. The Labute approximate surface area is 319 Å². The molecule has 1 aliphatic carbocycles. The van der Waals surface area contributed by atoms with Crippen LogP contribution in [0.15, 0.2) is 59.1 Å². The molecule has 10 nitrogen and oxygen atoms in total.